The van der Waals surface area contributed by atoms with Crippen LogP contribution >= 0.6 is 0 Å². The Balaban J connectivity index is 2.49. The highest BCUT2D eigenvalue weighted by Crippen LogP contribution is 2.33. The number of rotatable bonds is 4. The molecule has 2 aromatic rings. The minimum atomic E-state index is -3.09. The van der Waals surface area contributed by atoms with Crippen LogP contribution in [0.1, 0.15) is 35.1 Å². The van der Waals surface area contributed by atoms with Gasteiger partial charge in [-0.05, 0) is 30.2 Å². The minimum Gasteiger partial charge on any atom is -0.397 e. The van der Waals surface area contributed by atoms with Crippen molar-refractivity contribution in [2.45, 2.75) is 26.2 Å². The lowest BCUT2D eigenvalue weighted by atomic mass is 10.0. The maximum absolute atomic E-state index is 13.5. The predicted octanol–water partition coefficient (Wildman–Crippen LogP) is 3.03. The molecule has 0 amide bonds. The van der Waals surface area contributed by atoms with Gasteiger partial charge in [0.05, 0.1) is 11.3 Å². The van der Waals surface area contributed by atoms with E-state index in [1.807, 2.05) is 0 Å². The topological polar surface area (TPSA) is 107 Å². The first-order chi connectivity index (χ1) is 11.2. The molecular weight excluding hydrogens is 316 g/mol. The second kappa shape index (κ2) is 6.20. The number of hydrogen-bond donors (Lipinski definition) is 2. The molecule has 0 saturated carbocycles. The molecule has 0 aliphatic carbocycles. The SMILES string of the molecule is C#Cc1nc(Cc2c(C)nc(N=O)c(N)c2N)ccc1C(C)(F)F. The van der Waals surface area contributed by atoms with Crippen LogP contribution in [0.3, 0.4) is 0 Å². The molecule has 0 aliphatic rings. The molecule has 6 nitrogen and oxygen atoms in total. The number of pyridine rings is 2. The standard InChI is InChI=1S/C16H15F2N5O/c1-4-12-11(16(3,17)18)6-5-9(22-12)7-10-8(2)21-15(23-24)14(20)13(10)19/h1,5-6H,7,20H2,2-3H3,(H2,19,21). The van der Waals surface area contributed by atoms with Crippen LogP contribution in [0.4, 0.5) is 26.0 Å². The first-order valence-corrected chi connectivity index (χ1v) is 6.91. The van der Waals surface area contributed by atoms with Crippen LogP contribution in [-0.4, -0.2) is 9.97 Å². The summed E-state index contributed by atoms with van der Waals surface area (Å²) in [4.78, 5) is 18.7. The van der Waals surface area contributed by atoms with Crippen LogP contribution in [-0.2, 0) is 12.3 Å². The third-order valence-corrected chi connectivity index (χ3v) is 3.57. The first kappa shape index (κ1) is 17.3. The molecule has 0 atom stereocenters. The van der Waals surface area contributed by atoms with Crippen LogP contribution in [0, 0.1) is 24.2 Å². The second-order valence-corrected chi connectivity index (χ2v) is 5.33. The van der Waals surface area contributed by atoms with Gasteiger partial charge in [0, 0.05) is 30.3 Å². The fourth-order valence-electron chi connectivity index (χ4n) is 2.30. The van der Waals surface area contributed by atoms with Crippen molar-refractivity contribution < 1.29 is 8.78 Å². The number of hydrogen-bond acceptors (Lipinski definition) is 6. The zero-order valence-corrected chi connectivity index (χ0v) is 13.1. The summed E-state index contributed by atoms with van der Waals surface area (Å²) >= 11 is 0. The largest absolute Gasteiger partial charge is 0.397 e. The lowest BCUT2D eigenvalue weighted by Crippen LogP contribution is -2.12. The fraction of sp³-hybridized carbons (Fsp3) is 0.250. The summed E-state index contributed by atoms with van der Waals surface area (Å²) in [5.74, 6) is -1.11. The van der Waals surface area contributed by atoms with Gasteiger partial charge in [-0.15, -0.1) is 11.3 Å². The third-order valence-electron chi connectivity index (χ3n) is 3.57. The highest BCUT2D eigenvalue weighted by atomic mass is 19.3. The Hall–Kier alpha value is -3.08. The summed E-state index contributed by atoms with van der Waals surface area (Å²) < 4.78 is 27.0. The molecular formula is C16H15F2N5O. The number of alkyl halides is 2. The number of halogens is 2. The van der Waals surface area contributed by atoms with Gasteiger partial charge in [-0.1, -0.05) is 0 Å². The van der Waals surface area contributed by atoms with Crippen LogP contribution in [0.2, 0.25) is 0 Å². The van der Waals surface area contributed by atoms with E-state index in [0.717, 1.165) is 6.92 Å². The summed E-state index contributed by atoms with van der Waals surface area (Å²) in [5, 5.41) is 2.71. The second-order valence-electron chi connectivity index (χ2n) is 5.33. The number of nitrogens with two attached hydrogens (primary N) is 2. The normalized spacial score (nSPS) is 11.1. The van der Waals surface area contributed by atoms with Crippen molar-refractivity contribution in [3.63, 3.8) is 0 Å². The van der Waals surface area contributed by atoms with E-state index < -0.39 is 5.92 Å². The Morgan fingerprint density at radius 3 is 2.50 bits per heavy atom. The van der Waals surface area contributed by atoms with E-state index in [2.05, 4.69) is 21.1 Å². The summed E-state index contributed by atoms with van der Waals surface area (Å²) in [6.07, 6.45) is 5.46. The molecule has 2 aromatic heterocycles. The Morgan fingerprint density at radius 2 is 1.96 bits per heavy atom. The molecule has 2 heterocycles. The van der Waals surface area contributed by atoms with Gasteiger partial charge in [0.25, 0.3) is 5.92 Å². The molecule has 8 heteroatoms. The maximum Gasteiger partial charge on any atom is 0.273 e. The van der Waals surface area contributed by atoms with Gasteiger partial charge in [-0.2, -0.15) is 0 Å². The van der Waals surface area contributed by atoms with Crippen LogP contribution in [0.5, 0.6) is 0 Å². The molecule has 2 rings (SSSR count). The van der Waals surface area contributed by atoms with Crippen molar-refractivity contribution in [3.8, 4) is 12.3 Å². The Kier molecular flexibility index (Phi) is 4.46. The molecule has 0 spiro atoms. The molecule has 124 valence electrons. The van der Waals surface area contributed by atoms with E-state index >= 15 is 0 Å². The maximum atomic E-state index is 13.5. The van der Waals surface area contributed by atoms with Crippen molar-refractivity contribution in [2.24, 2.45) is 5.18 Å². The average Bonchev–Trinajstić information content (AvgIpc) is 2.53. The van der Waals surface area contributed by atoms with Crippen LogP contribution in [0.15, 0.2) is 17.3 Å². The smallest absolute Gasteiger partial charge is 0.273 e. The van der Waals surface area contributed by atoms with Gasteiger partial charge in [0.15, 0.2) is 0 Å². The lowest BCUT2D eigenvalue weighted by Gasteiger charge is -2.15. The number of aromatic nitrogens is 2. The zero-order chi connectivity index (χ0) is 18.1. The summed E-state index contributed by atoms with van der Waals surface area (Å²) in [6, 6.07) is 2.68. The van der Waals surface area contributed by atoms with Gasteiger partial charge < -0.3 is 11.5 Å². The van der Waals surface area contributed by atoms with Crippen molar-refractivity contribution in [1.82, 2.24) is 9.97 Å². The van der Waals surface area contributed by atoms with Crippen LogP contribution in [0.25, 0.3) is 0 Å². The van der Waals surface area contributed by atoms with Crippen molar-refractivity contribution in [3.05, 3.63) is 45.2 Å². The van der Waals surface area contributed by atoms with Gasteiger partial charge in [0.2, 0.25) is 5.82 Å². The lowest BCUT2D eigenvalue weighted by molar-refractivity contribution is 0.0168. The fourth-order valence-corrected chi connectivity index (χ4v) is 2.30. The zero-order valence-electron chi connectivity index (χ0n) is 13.1. The van der Waals surface area contributed by atoms with Gasteiger partial charge >= 0.3 is 0 Å². The van der Waals surface area contributed by atoms with Crippen LogP contribution < -0.4 is 11.5 Å². The van der Waals surface area contributed by atoms with Gasteiger partial charge in [-0.3, -0.25) is 0 Å². The number of aryl methyl sites for hydroxylation is 1. The van der Waals surface area contributed by atoms with E-state index in [0.29, 0.717) is 17.0 Å². The van der Waals surface area contributed by atoms with E-state index in [1.54, 1.807) is 6.92 Å². The average molecular weight is 331 g/mol. The molecule has 24 heavy (non-hydrogen) atoms. The van der Waals surface area contributed by atoms with Gasteiger partial charge in [0.1, 0.15) is 11.4 Å². The molecule has 0 bridgehead atoms. The Morgan fingerprint density at radius 1 is 1.29 bits per heavy atom. The van der Waals surface area contributed by atoms with Crippen molar-refractivity contribution in [2.75, 3.05) is 11.5 Å². The quantitative estimate of drug-likeness (QED) is 0.661. The van der Waals surface area contributed by atoms with E-state index in [-0.39, 0.29) is 34.9 Å². The van der Waals surface area contributed by atoms with Crippen molar-refractivity contribution >= 4 is 17.2 Å². The van der Waals surface area contributed by atoms with E-state index in [4.69, 9.17) is 17.9 Å². The minimum absolute atomic E-state index is 0.0283. The van der Waals surface area contributed by atoms with Gasteiger partial charge in [-0.25, -0.2) is 18.7 Å². The summed E-state index contributed by atoms with van der Waals surface area (Å²) in [7, 11) is 0. The number of anilines is 2. The Bertz CT molecular complexity index is 853. The number of nitrogen functional groups attached to an aromatic ring is 2. The summed E-state index contributed by atoms with van der Waals surface area (Å²) in [6.45, 7) is 2.39. The first-order valence-electron chi connectivity index (χ1n) is 6.91. The number of nitroso groups, excluding NO2 is 1. The molecule has 0 saturated heterocycles. The highest BCUT2D eigenvalue weighted by Gasteiger charge is 2.28. The predicted molar refractivity (Wildman–Crippen MR) is 87.8 cm³/mol. The molecule has 0 aliphatic heterocycles. The van der Waals surface area contributed by atoms with E-state index in [1.165, 1.54) is 12.1 Å². The molecule has 0 radical (unpaired) electrons. The highest BCUT2D eigenvalue weighted by molar-refractivity contribution is 5.77. The third kappa shape index (κ3) is 3.15. The number of terminal acetylenes is 1. The molecule has 0 fully saturated rings. The summed E-state index contributed by atoms with van der Waals surface area (Å²) in [5.41, 5.74) is 12.7. The molecule has 4 N–H and O–H groups in total. The molecule has 0 aromatic carbocycles. The molecule has 0 unspecified atom stereocenters. The van der Waals surface area contributed by atoms with E-state index in [9.17, 15) is 13.7 Å². The monoisotopic (exact) mass is 331 g/mol. The van der Waals surface area contributed by atoms with Crippen molar-refractivity contribution in [1.29, 1.82) is 0 Å². The Labute approximate surface area is 137 Å². The number of nitrogens with zero attached hydrogens (tertiary/aromatic N) is 3.